The average Bonchev–Trinajstić information content (AvgIpc) is 2.57. The molecule has 0 fully saturated rings. The first-order chi connectivity index (χ1) is 11.3. The summed E-state index contributed by atoms with van der Waals surface area (Å²) in [5, 5.41) is 0. The van der Waals surface area contributed by atoms with Crippen LogP contribution in [0.25, 0.3) is 0 Å². The first-order valence-electron chi connectivity index (χ1n) is 7.38. The van der Waals surface area contributed by atoms with Gasteiger partial charge >= 0.3 is 0 Å². The third kappa shape index (κ3) is 4.53. The molecule has 0 amide bonds. The lowest BCUT2D eigenvalue weighted by atomic mass is 10.2. The maximum Gasteiger partial charge on any atom is 0.282 e. The Morgan fingerprint density at radius 2 is 1.54 bits per heavy atom. The molecule has 2 rings (SSSR count). The minimum Gasteiger partial charge on any atom is -0.497 e. The van der Waals surface area contributed by atoms with E-state index in [0.717, 1.165) is 11.1 Å². The zero-order valence-electron chi connectivity index (χ0n) is 13.9. The van der Waals surface area contributed by atoms with Gasteiger partial charge < -0.3 is 4.74 Å². The van der Waals surface area contributed by atoms with Crippen LogP contribution in [0.3, 0.4) is 0 Å². The first-order valence-corrected chi connectivity index (χ1v) is 8.77. The van der Waals surface area contributed by atoms with Crippen molar-refractivity contribution < 1.29 is 17.5 Å². The molecule has 2 aromatic carbocycles. The third-order valence-electron chi connectivity index (χ3n) is 3.65. The molecule has 0 heterocycles. The number of methoxy groups -OCH3 is 1. The highest BCUT2D eigenvalue weighted by Crippen LogP contribution is 2.17. The minimum absolute atomic E-state index is 0.172. The molecule has 130 valence electrons. The maximum atomic E-state index is 12.9. The lowest BCUT2D eigenvalue weighted by molar-refractivity contribution is 0.384. The van der Waals surface area contributed by atoms with Gasteiger partial charge in [-0.1, -0.05) is 24.3 Å². The SMILES string of the molecule is COc1cccc(CN(C)S(=O)(=O)N(C)Cc2ccc(F)cc2)c1. The van der Waals surface area contributed by atoms with Gasteiger partial charge in [0.1, 0.15) is 11.6 Å². The molecule has 0 aromatic heterocycles. The fraction of sp³-hybridized carbons (Fsp3) is 0.294. The number of rotatable bonds is 7. The fourth-order valence-corrected chi connectivity index (χ4v) is 3.38. The topological polar surface area (TPSA) is 49.9 Å². The summed E-state index contributed by atoms with van der Waals surface area (Å²) in [4.78, 5) is 0. The van der Waals surface area contributed by atoms with E-state index in [4.69, 9.17) is 4.74 Å². The van der Waals surface area contributed by atoms with Gasteiger partial charge in [0.05, 0.1) is 7.11 Å². The highest BCUT2D eigenvalue weighted by atomic mass is 32.2. The second-order valence-electron chi connectivity index (χ2n) is 5.50. The summed E-state index contributed by atoms with van der Waals surface area (Å²) in [6.07, 6.45) is 0. The molecular formula is C17H21FN2O3S. The molecule has 0 atom stereocenters. The van der Waals surface area contributed by atoms with Crippen molar-refractivity contribution in [2.75, 3.05) is 21.2 Å². The quantitative estimate of drug-likeness (QED) is 0.770. The number of nitrogens with zero attached hydrogens (tertiary/aromatic N) is 2. The van der Waals surface area contributed by atoms with Crippen molar-refractivity contribution in [1.29, 1.82) is 0 Å². The van der Waals surface area contributed by atoms with Crippen LogP contribution >= 0.6 is 0 Å². The molecular weight excluding hydrogens is 331 g/mol. The normalized spacial score (nSPS) is 11.9. The van der Waals surface area contributed by atoms with Gasteiger partial charge in [-0.3, -0.25) is 0 Å². The van der Waals surface area contributed by atoms with Crippen molar-refractivity contribution in [2.45, 2.75) is 13.1 Å². The van der Waals surface area contributed by atoms with Crippen molar-refractivity contribution in [3.63, 3.8) is 0 Å². The Hall–Kier alpha value is -1.96. The van der Waals surface area contributed by atoms with Crippen LogP contribution in [-0.2, 0) is 23.3 Å². The van der Waals surface area contributed by atoms with E-state index < -0.39 is 10.2 Å². The van der Waals surface area contributed by atoms with E-state index in [1.807, 2.05) is 12.1 Å². The van der Waals surface area contributed by atoms with Gasteiger partial charge in [-0.2, -0.15) is 17.0 Å². The molecule has 0 radical (unpaired) electrons. The van der Waals surface area contributed by atoms with Crippen LogP contribution in [0.4, 0.5) is 4.39 Å². The Bertz CT molecular complexity index is 779. The summed E-state index contributed by atoms with van der Waals surface area (Å²) >= 11 is 0. The van der Waals surface area contributed by atoms with Gasteiger partial charge in [0.2, 0.25) is 0 Å². The summed E-state index contributed by atoms with van der Waals surface area (Å²) in [7, 11) is 0.957. The molecule has 0 aliphatic heterocycles. The Morgan fingerprint density at radius 1 is 0.958 bits per heavy atom. The van der Waals surface area contributed by atoms with Crippen LogP contribution in [0, 0.1) is 5.82 Å². The average molecular weight is 352 g/mol. The highest BCUT2D eigenvalue weighted by molar-refractivity contribution is 7.86. The number of hydrogen-bond acceptors (Lipinski definition) is 3. The van der Waals surface area contributed by atoms with Crippen LogP contribution in [0.2, 0.25) is 0 Å². The molecule has 0 saturated heterocycles. The highest BCUT2D eigenvalue weighted by Gasteiger charge is 2.24. The Kier molecular flexibility index (Phi) is 5.93. The summed E-state index contributed by atoms with van der Waals surface area (Å²) < 4.78 is 45.8. The molecule has 2 aromatic rings. The fourth-order valence-electron chi connectivity index (χ4n) is 2.28. The van der Waals surface area contributed by atoms with E-state index in [-0.39, 0.29) is 18.9 Å². The predicted octanol–water partition coefficient (Wildman–Crippen LogP) is 2.64. The minimum atomic E-state index is -3.63. The molecule has 0 N–H and O–H groups in total. The van der Waals surface area contributed by atoms with Crippen LogP contribution in [0.15, 0.2) is 48.5 Å². The predicted molar refractivity (Wildman–Crippen MR) is 91.2 cm³/mol. The lowest BCUT2D eigenvalue weighted by Gasteiger charge is -2.24. The number of benzene rings is 2. The van der Waals surface area contributed by atoms with Gasteiger partial charge in [0, 0.05) is 27.2 Å². The van der Waals surface area contributed by atoms with Gasteiger partial charge in [0.25, 0.3) is 10.2 Å². The molecule has 0 aliphatic carbocycles. The monoisotopic (exact) mass is 352 g/mol. The number of ether oxygens (including phenoxy) is 1. The van der Waals surface area contributed by atoms with Gasteiger partial charge in [-0.25, -0.2) is 4.39 Å². The molecule has 0 unspecified atom stereocenters. The summed E-state index contributed by atoms with van der Waals surface area (Å²) in [6, 6.07) is 13.0. The second kappa shape index (κ2) is 7.74. The summed E-state index contributed by atoms with van der Waals surface area (Å²) in [5.74, 6) is 0.331. The molecule has 5 nitrogen and oxygen atoms in total. The van der Waals surface area contributed by atoms with E-state index in [9.17, 15) is 12.8 Å². The lowest BCUT2D eigenvalue weighted by Crippen LogP contribution is -2.38. The van der Waals surface area contributed by atoms with E-state index in [0.29, 0.717) is 5.75 Å². The van der Waals surface area contributed by atoms with Gasteiger partial charge in [-0.15, -0.1) is 0 Å². The molecule has 0 aliphatic rings. The molecule has 0 saturated carbocycles. The standard InChI is InChI=1S/C17H21FN2O3S/c1-19(12-14-7-9-16(18)10-8-14)24(21,22)20(2)13-15-5-4-6-17(11-15)23-3/h4-11H,12-13H2,1-3H3. The zero-order chi connectivity index (χ0) is 17.7. The van der Waals surface area contributed by atoms with Crippen molar-refractivity contribution >= 4 is 10.2 Å². The molecule has 7 heteroatoms. The van der Waals surface area contributed by atoms with Crippen molar-refractivity contribution in [1.82, 2.24) is 8.61 Å². The van der Waals surface area contributed by atoms with Gasteiger partial charge in [0.15, 0.2) is 0 Å². The Morgan fingerprint density at radius 3 is 2.12 bits per heavy atom. The van der Waals surface area contributed by atoms with Crippen molar-refractivity contribution in [3.05, 3.63) is 65.5 Å². The largest absolute Gasteiger partial charge is 0.497 e. The van der Waals surface area contributed by atoms with E-state index >= 15 is 0 Å². The van der Waals surface area contributed by atoms with Crippen LogP contribution in [-0.4, -0.2) is 38.2 Å². The maximum absolute atomic E-state index is 12.9. The number of hydrogen-bond donors (Lipinski definition) is 0. The Balaban J connectivity index is 2.08. The van der Waals surface area contributed by atoms with E-state index in [2.05, 4.69) is 0 Å². The van der Waals surface area contributed by atoms with Crippen molar-refractivity contribution in [2.24, 2.45) is 0 Å². The van der Waals surface area contributed by atoms with Crippen LogP contribution in [0.5, 0.6) is 5.75 Å². The number of halogens is 1. The van der Waals surface area contributed by atoms with Crippen molar-refractivity contribution in [3.8, 4) is 5.75 Å². The second-order valence-corrected chi connectivity index (χ2v) is 7.64. The molecule has 0 spiro atoms. The smallest absolute Gasteiger partial charge is 0.282 e. The molecule has 24 heavy (non-hydrogen) atoms. The van der Waals surface area contributed by atoms with Crippen LogP contribution in [0.1, 0.15) is 11.1 Å². The first kappa shape index (κ1) is 18.4. The third-order valence-corrected chi connectivity index (χ3v) is 5.48. The Labute approximate surface area is 142 Å². The summed E-state index contributed by atoms with van der Waals surface area (Å²) in [5.41, 5.74) is 1.55. The van der Waals surface area contributed by atoms with E-state index in [1.165, 1.54) is 34.8 Å². The van der Waals surface area contributed by atoms with Gasteiger partial charge in [-0.05, 0) is 35.4 Å². The zero-order valence-corrected chi connectivity index (χ0v) is 14.8. The summed E-state index contributed by atoms with van der Waals surface area (Å²) in [6.45, 7) is 0.401. The van der Waals surface area contributed by atoms with Crippen LogP contribution < -0.4 is 4.74 Å². The molecule has 0 bridgehead atoms. The van der Waals surface area contributed by atoms with E-state index in [1.54, 1.807) is 31.4 Å².